The fraction of sp³-hybridized carbons (Fsp3) is 0.250. The molecule has 0 aromatic heterocycles. The molecule has 4 heteroatoms. The summed E-state index contributed by atoms with van der Waals surface area (Å²) in [6.45, 7) is 3.17. The molecule has 0 bridgehead atoms. The van der Waals surface area contributed by atoms with Crippen LogP contribution in [-0.4, -0.2) is 4.92 Å². The maximum Gasteiger partial charge on any atom is 0.272 e. The zero-order valence-electron chi connectivity index (χ0n) is 6.83. The molecule has 0 aliphatic rings. The fourth-order valence-electron chi connectivity index (χ4n) is 0.979. The van der Waals surface area contributed by atoms with E-state index in [-0.39, 0.29) is 11.4 Å². The van der Waals surface area contributed by atoms with Gasteiger partial charge in [0.15, 0.2) is 5.75 Å². The predicted octanol–water partition coefficient (Wildman–Crippen LogP) is 2.36. The Balaban J connectivity index is 3.36. The van der Waals surface area contributed by atoms with E-state index in [1.54, 1.807) is 13.8 Å². The quantitative estimate of drug-likeness (QED) is 0.474. The van der Waals surface area contributed by atoms with Crippen molar-refractivity contribution in [1.29, 1.82) is 0 Å². The molecule has 1 radical (unpaired) electrons. The molecule has 0 N–H and O–H groups in total. The van der Waals surface area contributed by atoms with Crippen LogP contribution in [0.25, 0.3) is 0 Å². The van der Waals surface area contributed by atoms with Gasteiger partial charge in [-0.15, -0.1) is 0 Å². The van der Waals surface area contributed by atoms with Crippen LogP contribution in [0.5, 0.6) is 5.75 Å². The molecule has 0 amide bonds. The van der Waals surface area contributed by atoms with E-state index in [0.717, 1.165) is 0 Å². The summed E-state index contributed by atoms with van der Waals surface area (Å²) in [5.41, 5.74) is 0.906. The van der Waals surface area contributed by atoms with Crippen LogP contribution in [0, 0.1) is 24.0 Å². The maximum atomic E-state index is 11.0. The summed E-state index contributed by atoms with van der Waals surface area (Å²) in [6, 6.07) is 2.46. The Morgan fingerprint density at radius 3 is 2.33 bits per heavy atom. The largest absolute Gasteiger partial charge is 0.290 e. The third kappa shape index (κ3) is 1.23. The van der Waals surface area contributed by atoms with Gasteiger partial charge in [-0.25, -0.2) is 0 Å². The Hall–Kier alpha value is -1.58. The normalized spacial score (nSPS) is 9.83. The van der Waals surface area contributed by atoms with E-state index in [4.69, 9.17) is 0 Å². The molecule has 63 valence electrons. The van der Waals surface area contributed by atoms with E-state index in [1.165, 1.54) is 12.1 Å². The molecule has 0 atom stereocenters. The number of nitro benzene ring substituents is 1. The first-order valence-corrected chi connectivity index (χ1v) is 3.45. The van der Waals surface area contributed by atoms with Crippen LogP contribution in [0.4, 0.5) is 5.69 Å². The van der Waals surface area contributed by atoms with Gasteiger partial charge >= 0.3 is 0 Å². The van der Waals surface area contributed by atoms with Gasteiger partial charge in [0.2, 0.25) is 0 Å². The van der Waals surface area contributed by atoms with Crippen molar-refractivity contribution in [1.82, 2.24) is 0 Å². The summed E-state index contributed by atoms with van der Waals surface area (Å²) >= 11 is 0. The highest BCUT2D eigenvalue weighted by Crippen LogP contribution is 2.27. The SMILES string of the molecule is Cc1c([O])ccc([N+](=O)[O-])c1C. The molecule has 1 rings (SSSR count). The number of rotatable bonds is 1. The highest BCUT2D eigenvalue weighted by atomic mass is 16.6. The lowest BCUT2D eigenvalue weighted by Gasteiger charge is -2.00. The Bertz CT molecular complexity index is 333. The summed E-state index contributed by atoms with van der Waals surface area (Å²) in [7, 11) is 0. The minimum atomic E-state index is -0.484. The first-order valence-electron chi connectivity index (χ1n) is 3.45. The van der Waals surface area contributed by atoms with Crippen molar-refractivity contribution >= 4 is 5.69 Å². The van der Waals surface area contributed by atoms with Gasteiger partial charge in [-0.2, -0.15) is 0 Å². The highest BCUT2D eigenvalue weighted by molar-refractivity contribution is 5.50. The van der Waals surface area contributed by atoms with E-state index < -0.39 is 4.92 Å². The van der Waals surface area contributed by atoms with E-state index in [9.17, 15) is 15.2 Å². The van der Waals surface area contributed by atoms with Gasteiger partial charge < -0.3 is 0 Å². The summed E-state index contributed by atoms with van der Waals surface area (Å²) in [5, 5.41) is 21.4. The standard InChI is InChI=1S/C8H8NO3/c1-5-6(2)8(10)4-3-7(5)9(11)12/h3-4H,1-2H3. The van der Waals surface area contributed by atoms with Crippen LogP contribution in [0.2, 0.25) is 0 Å². The Morgan fingerprint density at radius 1 is 1.25 bits per heavy atom. The van der Waals surface area contributed by atoms with Gasteiger partial charge in [0, 0.05) is 17.2 Å². The molecular formula is C8H8NO3. The van der Waals surface area contributed by atoms with Crippen molar-refractivity contribution in [2.75, 3.05) is 0 Å². The van der Waals surface area contributed by atoms with Gasteiger partial charge in [0.1, 0.15) is 0 Å². The number of nitro groups is 1. The Labute approximate surface area is 69.6 Å². The van der Waals surface area contributed by atoms with Gasteiger partial charge in [-0.1, -0.05) is 0 Å². The monoisotopic (exact) mass is 166 g/mol. The van der Waals surface area contributed by atoms with Crippen LogP contribution in [-0.2, 0) is 5.11 Å². The third-order valence-corrected chi connectivity index (χ3v) is 1.91. The van der Waals surface area contributed by atoms with Crippen molar-refractivity contribution in [3.8, 4) is 5.75 Å². The maximum absolute atomic E-state index is 11.0. The molecule has 12 heavy (non-hydrogen) atoms. The molecule has 0 heterocycles. The van der Waals surface area contributed by atoms with Crippen LogP contribution in [0.15, 0.2) is 12.1 Å². The van der Waals surface area contributed by atoms with E-state index >= 15 is 0 Å². The van der Waals surface area contributed by atoms with Crippen molar-refractivity contribution < 1.29 is 10.0 Å². The summed E-state index contributed by atoms with van der Waals surface area (Å²) in [4.78, 5) is 9.90. The van der Waals surface area contributed by atoms with Crippen LogP contribution >= 0.6 is 0 Å². The molecule has 4 nitrogen and oxygen atoms in total. The zero-order chi connectivity index (χ0) is 9.30. The molecule has 1 aromatic carbocycles. The van der Waals surface area contributed by atoms with Gasteiger partial charge in [0.05, 0.1) is 4.92 Å². The van der Waals surface area contributed by atoms with Crippen molar-refractivity contribution in [3.05, 3.63) is 33.4 Å². The molecule has 1 aromatic rings. The second-order valence-electron chi connectivity index (χ2n) is 2.59. The lowest BCUT2D eigenvalue weighted by molar-refractivity contribution is -0.385. The second-order valence-corrected chi connectivity index (χ2v) is 2.59. The first kappa shape index (κ1) is 8.52. The molecule has 0 aliphatic heterocycles. The molecule has 0 spiro atoms. The third-order valence-electron chi connectivity index (χ3n) is 1.91. The number of nitrogens with zero attached hydrogens (tertiary/aromatic N) is 1. The van der Waals surface area contributed by atoms with Crippen molar-refractivity contribution in [3.63, 3.8) is 0 Å². The fourth-order valence-corrected chi connectivity index (χ4v) is 0.979. The minimum Gasteiger partial charge on any atom is -0.290 e. The molecule has 0 fully saturated rings. The highest BCUT2D eigenvalue weighted by Gasteiger charge is 2.14. The topological polar surface area (TPSA) is 63.0 Å². The molecule has 0 aliphatic carbocycles. The lowest BCUT2D eigenvalue weighted by atomic mass is 10.1. The zero-order valence-corrected chi connectivity index (χ0v) is 6.83. The first-order chi connectivity index (χ1) is 5.54. The minimum absolute atomic E-state index is 0.00657. The molecule has 0 saturated carbocycles. The lowest BCUT2D eigenvalue weighted by Crippen LogP contribution is -1.93. The van der Waals surface area contributed by atoms with Gasteiger partial charge in [-0.05, 0) is 19.9 Å². The second kappa shape index (κ2) is 2.81. The van der Waals surface area contributed by atoms with Crippen molar-refractivity contribution in [2.24, 2.45) is 0 Å². The number of hydrogen-bond donors (Lipinski definition) is 0. The number of hydrogen-bond acceptors (Lipinski definition) is 2. The number of benzene rings is 1. The molecular weight excluding hydrogens is 158 g/mol. The summed E-state index contributed by atoms with van der Waals surface area (Å²) in [6.07, 6.45) is 0. The van der Waals surface area contributed by atoms with Crippen LogP contribution < -0.4 is 0 Å². The van der Waals surface area contributed by atoms with Crippen LogP contribution in [0.1, 0.15) is 11.1 Å². The Kier molecular flexibility index (Phi) is 1.99. The van der Waals surface area contributed by atoms with E-state index in [0.29, 0.717) is 11.1 Å². The van der Waals surface area contributed by atoms with Gasteiger partial charge in [0.25, 0.3) is 5.69 Å². The predicted molar refractivity (Wildman–Crippen MR) is 42.7 cm³/mol. The van der Waals surface area contributed by atoms with Crippen LogP contribution in [0.3, 0.4) is 0 Å². The van der Waals surface area contributed by atoms with E-state index in [1.807, 2.05) is 0 Å². The molecule has 0 saturated heterocycles. The summed E-state index contributed by atoms with van der Waals surface area (Å²) in [5.74, 6) is -0.155. The summed E-state index contributed by atoms with van der Waals surface area (Å²) < 4.78 is 0. The van der Waals surface area contributed by atoms with E-state index in [2.05, 4.69) is 0 Å². The average Bonchev–Trinajstić information content (AvgIpc) is 2.00. The average molecular weight is 166 g/mol. The smallest absolute Gasteiger partial charge is 0.272 e. The van der Waals surface area contributed by atoms with Gasteiger partial charge in [-0.3, -0.25) is 15.2 Å². The molecule has 0 unspecified atom stereocenters. The Morgan fingerprint density at radius 2 is 1.83 bits per heavy atom. The van der Waals surface area contributed by atoms with Crippen molar-refractivity contribution in [2.45, 2.75) is 13.8 Å².